The molecule has 1 heterocycles. The van der Waals surface area contributed by atoms with Crippen molar-refractivity contribution in [3.05, 3.63) is 0 Å². The first-order chi connectivity index (χ1) is 6.19. The predicted octanol–water partition coefficient (Wildman–Crippen LogP) is -1.45. The van der Waals surface area contributed by atoms with E-state index >= 15 is 0 Å². The lowest BCUT2D eigenvalue weighted by Crippen LogP contribution is -2.53. The van der Waals surface area contributed by atoms with Crippen molar-refractivity contribution in [2.24, 2.45) is 5.73 Å². The lowest BCUT2D eigenvalue weighted by Gasteiger charge is -2.37. The van der Waals surface area contributed by atoms with Crippen LogP contribution in [-0.2, 0) is 9.53 Å². The molecular weight excluding hydrogens is 172 g/mol. The number of hydrogen-bond acceptors (Lipinski definition) is 4. The van der Waals surface area contributed by atoms with Crippen LogP contribution in [-0.4, -0.2) is 54.4 Å². The molecule has 5 nitrogen and oxygen atoms in total. The summed E-state index contributed by atoms with van der Waals surface area (Å²) in [4.78, 5) is 13.0. The highest BCUT2D eigenvalue weighted by Crippen LogP contribution is 2.10. The van der Waals surface area contributed by atoms with E-state index in [1.54, 1.807) is 4.90 Å². The standard InChI is InChI=1S/C8H16N2O3/c1-6-5-13-7(4-11)3-10(6)8(12)2-9/h6-7,11H,2-5,9H2,1H3. The van der Waals surface area contributed by atoms with Crippen LogP contribution in [0.25, 0.3) is 0 Å². The summed E-state index contributed by atoms with van der Waals surface area (Å²) >= 11 is 0. The van der Waals surface area contributed by atoms with Crippen molar-refractivity contribution in [1.82, 2.24) is 4.90 Å². The molecule has 13 heavy (non-hydrogen) atoms. The van der Waals surface area contributed by atoms with E-state index in [2.05, 4.69) is 0 Å². The highest BCUT2D eigenvalue weighted by atomic mass is 16.5. The molecule has 0 aromatic heterocycles. The van der Waals surface area contributed by atoms with E-state index in [1.807, 2.05) is 6.92 Å². The fourth-order valence-electron chi connectivity index (χ4n) is 1.39. The molecule has 1 rings (SSSR count). The summed E-state index contributed by atoms with van der Waals surface area (Å²) in [5.41, 5.74) is 5.26. The molecule has 1 fully saturated rings. The quantitative estimate of drug-likeness (QED) is 0.556. The van der Waals surface area contributed by atoms with Gasteiger partial charge in [0.1, 0.15) is 0 Å². The molecular formula is C8H16N2O3. The van der Waals surface area contributed by atoms with Gasteiger partial charge < -0.3 is 20.5 Å². The van der Waals surface area contributed by atoms with Crippen LogP contribution in [0.4, 0.5) is 0 Å². The molecule has 0 saturated carbocycles. The van der Waals surface area contributed by atoms with Gasteiger partial charge in [-0.05, 0) is 6.92 Å². The van der Waals surface area contributed by atoms with Gasteiger partial charge in [0.05, 0.1) is 31.9 Å². The van der Waals surface area contributed by atoms with Gasteiger partial charge >= 0.3 is 0 Å². The average Bonchev–Trinajstić information content (AvgIpc) is 2.17. The third-order valence-corrected chi connectivity index (χ3v) is 2.20. The number of amides is 1. The minimum absolute atomic E-state index is 0.0164. The Morgan fingerprint density at radius 1 is 1.77 bits per heavy atom. The fraction of sp³-hybridized carbons (Fsp3) is 0.875. The Kier molecular flexibility index (Phi) is 3.65. The normalized spacial score (nSPS) is 29.0. The van der Waals surface area contributed by atoms with E-state index < -0.39 is 0 Å². The van der Waals surface area contributed by atoms with Crippen LogP contribution >= 0.6 is 0 Å². The molecule has 0 spiro atoms. The smallest absolute Gasteiger partial charge is 0.236 e. The minimum atomic E-state index is -0.258. The Hall–Kier alpha value is -0.650. The van der Waals surface area contributed by atoms with Gasteiger partial charge in [-0.2, -0.15) is 0 Å². The molecule has 0 radical (unpaired) electrons. The molecule has 0 bridgehead atoms. The zero-order chi connectivity index (χ0) is 9.84. The summed E-state index contributed by atoms with van der Waals surface area (Å²) in [7, 11) is 0. The Morgan fingerprint density at radius 2 is 2.46 bits per heavy atom. The molecule has 1 amide bonds. The molecule has 5 heteroatoms. The summed E-state index contributed by atoms with van der Waals surface area (Å²) in [5.74, 6) is -0.0887. The second-order valence-electron chi connectivity index (χ2n) is 3.24. The maximum atomic E-state index is 11.3. The SMILES string of the molecule is CC1COC(CO)CN1C(=O)CN. The van der Waals surface area contributed by atoms with Crippen molar-refractivity contribution >= 4 is 5.91 Å². The maximum Gasteiger partial charge on any atom is 0.236 e. The van der Waals surface area contributed by atoms with Gasteiger partial charge in [0.15, 0.2) is 0 Å². The molecule has 1 saturated heterocycles. The van der Waals surface area contributed by atoms with Crippen molar-refractivity contribution in [2.75, 3.05) is 26.3 Å². The van der Waals surface area contributed by atoms with Crippen LogP contribution in [0.1, 0.15) is 6.92 Å². The summed E-state index contributed by atoms with van der Waals surface area (Å²) in [6.45, 7) is 2.77. The third-order valence-electron chi connectivity index (χ3n) is 2.20. The first-order valence-corrected chi connectivity index (χ1v) is 4.41. The average molecular weight is 188 g/mol. The van der Waals surface area contributed by atoms with Gasteiger partial charge in [-0.25, -0.2) is 0 Å². The number of nitrogens with zero attached hydrogens (tertiary/aromatic N) is 1. The minimum Gasteiger partial charge on any atom is -0.394 e. The second-order valence-corrected chi connectivity index (χ2v) is 3.24. The molecule has 0 aliphatic carbocycles. The monoisotopic (exact) mass is 188 g/mol. The molecule has 76 valence electrons. The van der Waals surface area contributed by atoms with Crippen LogP contribution in [0.3, 0.4) is 0 Å². The number of carbonyl (C=O) groups is 1. The fourth-order valence-corrected chi connectivity index (χ4v) is 1.39. The summed E-state index contributed by atoms with van der Waals surface area (Å²) in [6.07, 6.45) is -0.258. The molecule has 3 N–H and O–H groups in total. The number of ether oxygens (including phenoxy) is 1. The number of aliphatic hydroxyl groups excluding tert-OH is 1. The van der Waals surface area contributed by atoms with E-state index in [-0.39, 0.29) is 31.2 Å². The summed E-state index contributed by atoms with van der Waals surface area (Å²) in [6, 6.07) is 0.0545. The van der Waals surface area contributed by atoms with Crippen LogP contribution in [0.15, 0.2) is 0 Å². The third kappa shape index (κ3) is 2.40. The number of hydrogen-bond donors (Lipinski definition) is 2. The highest BCUT2D eigenvalue weighted by Gasteiger charge is 2.28. The van der Waals surface area contributed by atoms with E-state index in [9.17, 15) is 4.79 Å². The maximum absolute atomic E-state index is 11.3. The van der Waals surface area contributed by atoms with Gasteiger partial charge in [0.25, 0.3) is 0 Å². The van der Waals surface area contributed by atoms with Crippen LogP contribution in [0.2, 0.25) is 0 Å². The Bertz CT molecular complexity index is 186. The number of rotatable bonds is 2. The van der Waals surface area contributed by atoms with E-state index in [4.69, 9.17) is 15.6 Å². The van der Waals surface area contributed by atoms with Crippen molar-refractivity contribution in [3.8, 4) is 0 Å². The van der Waals surface area contributed by atoms with Crippen LogP contribution in [0.5, 0.6) is 0 Å². The zero-order valence-corrected chi connectivity index (χ0v) is 7.77. The molecule has 1 aliphatic rings. The van der Waals surface area contributed by atoms with Gasteiger partial charge in [-0.1, -0.05) is 0 Å². The lowest BCUT2D eigenvalue weighted by atomic mass is 10.2. The van der Waals surface area contributed by atoms with Crippen LogP contribution < -0.4 is 5.73 Å². The topological polar surface area (TPSA) is 75.8 Å². The molecule has 0 aromatic carbocycles. The van der Waals surface area contributed by atoms with Crippen molar-refractivity contribution < 1.29 is 14.6 Å². The Balaban J connectivity index is 2.54. The van der Waals surface area contributed by atoms with Gasteiger partial charge in [-0.3, -0.25) is 4.79 Å². The van der Waals surface area contributed by atoms with Gasteiger partial charge in [0.2, 0.25) is 5.91 Å². The van der Waals surface area contributed by atoms with Crippen molar-refractivity contribution in [1.29, 1.82) is 0 Å². The molecule has 1 aliphatic heterocycles. The first kappa shape index (κ1) is 10.4. The molecule has 2 unspecified atom stereocenters. The van der Waals surface area contributed by atoms with Crippen LogP contribution in [0, 0.1) is 0 Å². The summed E-state index contributed by atoms with van der Waals surface area (Å²) < 4.78 is 5.28. The van der Waals surface area contributed by atoms with E-state index in [0.29, 0.717) is 13.2 Å². The molecule has 2 atom stereocenters. The van der Waals surface area contributed by atoms with E-state index in [1.165, 1.54) is 0 Å². The first-order valence-electron chi connectivity index (χ1n) is 4.41. The zero-order valence-electron chi connectivity index (χ0n) is 7.77. The van der Waals surface area contributed by atoms with Gasteiger partial charge in [0, 0.05) is 6.54 Å². The molecule has 0 aromatic rings. The largest absolute Gasteiger partial charge is 0.394 e. The second kappa shape index (κ2) is 4.55. The van der Waals surface area contributed by atoms with Gasteiger partial charge in [-0.15, -0.1) is 0 Å². The van der Waals surface area contributed by atoms with Crippen molar-refractivity contribution in [2.45, 2.75) is 19.1 Å². The van der Waals surface area contributed by atoms with Crippen molar-refractivity contribution in [3.63, 3.8) is 0 Å². The van der Waals surface area contributed by atoms with E-state index in [0.717, 1.165) is 0 Å². The number of morpholine rings is 1. The number of aliphatic hydroxyl groups is 1. The predicted molar refractivity (Wildman–Crippen MR) is 47.1 cm³/mol. The number of carbonyl (C=O) groups excluding carboxylic acids is 1. The lowest BCUT2D eigenvalue weighted by molar-refractivity contribution is -0.144. The summed E-state index contributed by atoms with van der Waals surface area (Å²) in [5, 5.41) is 8.86. The number of nitrogens with two attached hydrogens (primary N) is 1. The highest BCUT2D eigenvalue weighted by molar-refractivity contribution is 5.78. The Labute approximate surface area is 77.5 Å². The Morgan fingerprint density at radius 3 is 3.00 bits per heavy atom.